The lowest BCUT2D eigenvalue weighted by Gasteiger charge is -2.07. The van der Waals surface area contributed by atoms with Crippen LogP contribution in [0, 0.1) is 0 Å². The third-order valence-electron chi connectivity index (χ3n) is 2.80. The van der Waals surface area contributed by atoms with E-state index in [9.17, 15) is 0 Å². The number of thiocarbonyl (C=S) groups is 1. The van der Waals surface area contributed by atoms with Crippen molar-refractivity contribution in [2.24, 2.45) is 5.73 Å². The Kier molecular flexibility index (Phi) is 3.39. The van der Waals surface area contributed by atoms with Crippen molar-refractivity contribution in [3.8, 4) is 17.4 Å². The topological polar surface area (TPSA) is 66.6 Å². The molecule has 5 nitrogen and oxygen atoms in total. The minimum Gasteiger partial charge on any atom is -0.473 e. The van der Waals surface area contributed by atoms with Gasteiger partial charge in [0.05, 0.1) is 0 Å². The minimum atomic E-state index is 0.249. The molecule has 1 aromatic carbocycles. The average Bonchev–Trinajstić information content (AvgIpc) is 2.93. The molecule has 6 heteroatoms. The van der Waals surface area contributed by atoms with Crippen LogP contribution < -0.4 is 19.9 Å². The van der Waals surface area contributed by atoms with E-state index in [1.54, 1.807) is 18.2 Å². The summed E-state index contributed by atoms with van der Waals surface area (Å²) in [6.07, 6.45) is 0. The second-order valence-corrected chi connectivity index (χ2v) is 4.64. The summed E-state index contributed by atoms with van der Waals surface area (Å²) in [5.41, 5.74) is 7.05. The molecule has 2 aromatic rings. The summed E-state index contributed by atoms with van der Waals surface area (Å²) in [5, 5.41) is 0. The first kappa shape index (κ1) is 12.7. The van der Waals surface area contributed by atoms with Crippen LogP contribution in [0.15, 0.2) is 36.4 Å². The van der Waals surface area contributed by atoms with Gasteiger partial charge in [-0.25, -0.2) is 4.98 Å². The lowest BCUT2D eigenvalue weighted by molar-refractivity contribution is 0.174. The number of hydrogen-bond donors (Lipinski definition) is 1. The van der Waals surface area contributed by atoms with Crippen LogP contribution in [-0.2, 0) is 6.61 Å². The molecule has 3 rings (SSSR count). The van der Waals surface area contributed by atoms with Gasteiger partial charge >= 0.3 is 0 Å². The quantitative estimate of drug-likeness (QED) is 0.868. The maximum Gasteiger partial charge on any atom is 0.231 e. The fourth-order valence-electron chi connectivity index (χ4n) is 1.82. The fourth-order valence-corrected chi connectivity index (χ4v) is 1.93. The van der Waals surface area contributed by atoms with E-state index in [-0.39, 0.29) is 11.8 Å². The molecule has 20 heavy (non-hydrogen) atoms. The molecule has 0 spiro atoms. The molecule has 0 amide bonds. The van der Waals surface area contributed by atoms with Gasteiger partial charge in [-0.15, -0.1) is 0 Å². The SMILES string of the molecule is NC(=S)c1cccc(OCc2ccc3c(c2)OCO3)n1. The third kappa shape index (κ3) is 2.65. The van der Waals surface area contributed by atoms with Crippen LogP contribution >= 0.6 is 12.2 Å². The zero-order valence-corrected chi connectivity index (χ0v) is 11.4. The molecule has 0 radical (unpaired) electrons. The molecule has 102 valence electrons. The first-order valence-electron chi connectivity index (χ1n) is 6.00. The van der Waals surface area contributed by atoms with Crippen molar-refractivity contribution in [2.75, 3.05) is 6.79 Å². The first-order valence-corrected chi connectivity index (χ1v) is 6.41. The molecule has 0 saturated heterocycles. The third-order valence-corrected chi connectivity index (χ3v) is 3.01. The number of rotatable bonds is 4. The van der Waals surface area contributed by atoms with Gasteiger partial charge in [0.2, 0.25) is 12.7 Å². The predicted molar refractivity (Wildman–Crippen MR) is 77.0 cm³/mol. The van der Waals surface area contributed by atoms with E-state index < -0.39 is 0 Å². The summed E-state index contributed by atoms with van der Waals surface area (Å²) in [5.74, 6) is 1.96. The summed E-state index contributed by atoms with van der Waals surface area (Å²) in [7, 11) is 0. The van der Waals surface area contributed by atoms with Gasteiger partial charge in [-0.3, -0.25) is 0 Å². The number of pyridine rings is 1. The molecule has 1 aliphatic heterocycles. The van der Waals surface area contributed by atoms with Gasteiger partial charge in [0.1, 0.15) is 17.3 Å². The average molecular weight is 288 g/mol. The zero-order chi connectivity index (χ0) is 13.9. The monoisotopic (exact) mass is 288 g/mol. The van der Waals surface area contributed by atoms with E-state index in [2.05, 4.69) is 4.98 Å². The smallest absolute Gasteiger partial charge is 0.231 e. The largest absolute Gasteiger partial charge is 0.473 e. The second-order valence-electron chi connectivity index (χ2n) is 4.20. The van der Waals surface area contributed by atoms with E-state index in [1.165, 1.54) is 0 Å². The van der Waals surface area contributed by atoms with Gasteiger partial charge in [0.25, 0.3) is 0 Å². The Labute approximate surface area is 121 Å². The van der Waals surface area contributed by atoms with Crippen LogP contribution in [-0.4, -0.2) is 16.8 Å². The zero-order valence-electron chi connectivity index (χ0n) is 10.5. The Morgan fingerprint density at radius 3 is 2.95 bits per heavy atom. The molecule has 1 aromatic heterocycles. The highest BCUT2D eigenvalue weighted by Crippen LogP contribution is 2.32. The van der Waals surface area contributed by atoms with Crippen LogP contribution in [0.4, 0.5) is 0 Å². The summed E-state index contributed by atoms with van der Waals surface area (Å²) >= 11 is 4.88. The van der Waals surface area contributed by atoms with Crippen LogP contribution in [0.5, 0.6) is 17.4 Å². The second kappa shape index (κ2) is 5.34. The van der Waals surface area contributed by atoms with Crippen molar-refractivity contribution >= 4 is 17.2 Å². The Balaban J connectivity index is 1.70. The summed E-state index contributed by atoms with van der Waals surface area (Å²) < 4.78 is 16.2. The standard InChI is InChI=1S/C14H12N2O3S/c15-14(20)10-2-1-3-13(16-10)17-7-9-4-5-11-12(6-9)19-8-18-11/h1-6H,7-8H2,(H2,15,20). The lowest BCUT2D eigenvalue weighted by atomic mass is 10.2. The van der Waals surface area contributed by atoms with Crippen molar-refractivity contribution in [2.45, 2.75) is 6.61 Å². The van der Waals surface area contributed by atoms with Crippen molar-refractivity contribution in [3.05, 3.63) is 47.7 Å². The Morgan fingerprint density at radius 2 is 2.10 bits per heavy atom. The van der Waals surface area contributed by atoms with Gasteiger partial charge in [-0.1, -0.05) is 24.4 Å². The summed E-state index contributed by atoms with van der Waals surface area (Å²) in [6, 6.07) is 11.0. The maximum absolute atomic E-state index is 5.62. The van der Waals surface area contributed by atoms with Crippen LogP contribution in [0.1, 0.15) is 11.3 Å². The lowest BCUT2D eigenvalue weighted by Crippen LogP contribution is -2.11. The number of ether oxygens (including phenoxy) is 3. The molecule has 0 unspecified atom stereocenters. The number of nitrogens with two attached hydrogens (primary N) is 1. The van der Waals surface area contributed by atoms with Crippen molar-refractivity contribution in [1.29, 1.82) is 0 Å². The fraction of sp³-hybridized carbons (Fsp3) is 0.143. The molecule has 0 fully saturated rings. The van der Waals surface area contributed by atoms with Crippen molar-refractivity contribution < 1.29 is 14.2 Å². The molecule has 0 bridgehead atoms. The summed E-state index contributed by atoms with van der Waals surface area (Å²) in [6.45, 7) is 0.640. The normalized spacial score (nSPS) is 12.2. The highest BCUT2D eigenvalue weighted by molar-refractivity contribution is 7.80. The van der Waals surface area contributed by atoms with Crippen LogP contribution in [0.25, 0.3) is 0 Å². The molecule has 1 aliphatic rings. The van der Waals surface area contributed by atoms with Gasteiger partial charge in [0, 0.05) is 6.07 Å². The summed E-state index contributed by atoms with van der Waals surface area (Å²) in [4.78, 5) is 4.46. The van der Waals surface area contributed by atoms with Crippen LogP contribution in [0.3, 0.4) is 0 Å². The highest BCUT2D eigenvalue weighted by atomic mass is 32.1. The number of aromatic nitrogens is 1. The first-order chi connectivity index (χ1) is 9.72. The van der Waals surface area contributed by atoms with Gasteiger partial charge < -0.3 is 19.9 Å². The minimum absolute atomic E-state index is 0.249. The number of fused-ring (bicyclic) bond motifs is 1. The van der Waals surface area contributed by atoms with Crippen LogP contribution in [0.2, 0.25) is 0 Å². The molecule has 2 heterocycles. The van der Waals surface area contributed by atoms with E-state index >= 15 is 0 Å². The number of benzene rings is 1. The van der Waals surface area contributed by atoms with E-state index in [4.69, 9.17) is 32.2 Å². The van der Waals surface area contributed by atoms with E-state index in [0.717, 1.165) is 17.1 Å². The van der Waals surface area contributed by atoms with Gasteiger partial charge in [0.15, 0.2) is 11.5 Å². The van der Waals surface area contributed by atoms with E-state index in [1.807, 2.05) is 18.2 Å². The number of nitrogens with zero attached hydrogens (tertiary/aromatic N) is 1. The Hall–Kier alpha value is -2.34. The molecule has 0 atom stereocenters. The highest BCUT2D eigenvalue weighted by Gasteiger charge is 2.13. The van der Waals surface area contributed by atoms with Crippen molar-refractivity contribution in [3.63, 3.8) is 0 Å². The van der Waals surface area contributed by atoms with E-state index in [0.29, 0.717) is 18.2 Å². The molecular formula is C14H12N2O3S. The Morgan fingerprint density at radius 1 is 1.25 bits per heavy atom. The maximum atomic E-state index is 5.62. The molecular weight excluding hydrogens is 276 g/mol. The number of hydrogen-bond acceptors (Lipinski definition) is 5. The van der Waals surface area contributed by atoms with Gasteiger partial charge in [-0.05, 0) is 23.8 Å². The molecule has 0 saturated carbocycles. The predicted octanol–water partition coefficient (Wildman–Crippen LogP) is 2.02. The van der Waals surface area contributed by atoms with Gasteiger partial charge in [-0.2, -0.15) is 0 Å². The van der Waals surface area contributed by atoms with Crippen molar-refractivity contribution in [1.82, 2.24) is 4.98 Å². The molecule has 2 N–H and O–H groups in total. The Bertz CT molecular complexity index is 661. The molecule has 0 aliphatic carbocycles.